The van der Waals surface area contributed by atoms with Crippen LogP contribution in [0.1, 0.15) is 59.3 Å². The SMILES string of the molecule is CC=C(OCCN1CCCCCC1)C(CC)=C(Cl)CC. The van der Waals surface area contributed by atoms with Crippen LogP contribution in [0, 0.1) is 0 Å². The van der Waals surface area contributed by atoms with Gasteiger partial charge in [0.2, 0.25) is 0 Å². The van der Waals surface area contributed by atoms with Crippen molar-refractivity contribution >= 4 is 11.6 Å². The van der Waals surface area contributed by atoms with Crippen LogP contribution in [0.3, 0.4) is 0 Å². The lowest BCUT2D eigenvalue weighted by Crippen LogP contribution is -2.28. The van der Waals surface area contributed by atoms with Crippen LogP contribution in [0.2, 0.25) is 0 Å². The largest absolute Gasteiger partial charge is 0.492 e. The van der Waals surface area contributed by atoms with Crippen molar-refractivity contribution in [3.63, 3.8) is 0 Å². The monoisotopic (exact) mass is 299 g/mol. The van der Waals surface area contributed by atoms with Crippen LogP contribution < -0.4 is 0 Å². The van der Waals surface area contributed by atoms with E-state index in [0.29, 0.717) is 0 Å². The van der Waals surface area contributed by atoms with Crippen molar-refractivity contribution in [2.24, 2.45) is 0 Å². The van der Waals surface area contributed by atoms with Crippen molar-refractivity contribution in [1.29, 1.82) is 0 Å². The third kappa shape index (κ3) is 5.88. The number of likely N-dealkylation sites (tertiary alicyclic amines) is 1. The molecule has 1 aliphatic heterocycles. The predicted octanol–water partition coefficient (Wildman–Crippen LogP) is 5.10. The highest BCUT2D eigenvalue weighted by molar-refractivity contribution is 6.30. The van der Waals surface area contributed by atoms with Crippen LogP contribution in [0.5, 0.6) is 0 Å². The van der Waals surface area contributed by atoms with E-state index in [4.69, 9.17) is 16.3 Å². The highest BCUT2D eigenvalue weighted by Crippen LogP contribution is 2.24. The van der Waals surface area contributed by atoms with E-state index in [0.717, 1.165) is 42.4 Å². The lowest BCUT2D eigenvalue weighted by molar-refractivity contribution is 0.163. The van der Waals surface area contributed by atoms with E-state index in [-0.39, 0.29) is 0 Å². The molecule has 0 aliphatic carbocycles. The van der Waals surface area contributed by atoms with Gasteiger partial charge in [-0.25, -0.2) is 0 Å². The summed E-state index contributed by atoms with van der Waals surface area (Å²) in [5, 5.41) is 0.926. The Balaban J connectivity index is 2.45. The van der Waals surface area contributed by atoms with Gasteiger partial charge in [0, 0.05) is 17.2 Å². The van der Waals surface area contributed by atoms with Crippen molar-refractivity contribution in [2.75, 3.05) is 26.2 Å². The minimum atomic E-state index is 0.761. The van der Waals surface area contributed by atoms with Crippen molar-refractivity contribution in [3.8, 4) is 0 Å². The normalized spacial score (nSPS) is 19.5. The van der Waals surface area contributed by atoms with E-state index in [9.17, 15) is 0 Å². The first-order valence-corrected chi connectivity index (χ1v) is 8.50. The van der Waals surface area contributed by atoms with Gasteiger partial charge in [-0.1, -0.05) is 38.3 Å². The minimum Gasteiger partial charge on any atom is -0.492 e. The van der Waals surface area contributed by atoms with E-state index in [1.807, 2.05) is 13.0 Å². The van der Waals surface area contributed by atoms with Crippen molar-refractivity contribution in [3.05, 3.63) is 22.4 Å². The van der Waals surface area contributed by atoms with Gasteiger partial charge >= 0.3 is 0 Å². The number of halogens is 1. The zero-order chi connectivity index (χ0) is 14.8. The van der Waals surface area contributed by atoms with E-state index in [2.05, 4.69) is 18.7 Å². The maximum Gasteiger partial charge on any atom is 0.119 e. The summed E-state index contributed by atoms with van der Waals surface area (Å²) >= 11 is 6.30. The fraction of sp³-hybridized carbons (Fsp3) is 0.765. The molecule has 1 rings (SSSR count). The molecule has 0 amide bonds. The Kier molecular flexibility index (Phi) is 9.04. The molecule has 1 saturated heterocycles. The van der Waals surface area contributed by atoms with Gasteiger partial charge in [0.05, 0.1) is 0 Å². The van der Waals surface area contributed by atoms with Crippen molar-refractivity contribution in [2.45, 2.75) is 59.3 Å². The Bertz CT molecular complexity index is 328. The van der Waals surface area contributed by atoms with E-state index >= 15 is 0 Å². The Labute approximate surface area is 129 Å². The zero-order valence-corrected chi connectivity index (χ0v) is 14.1. The highest BCUT2D eigenvalue weighted by atomic mass is 35.5. The Morgan fingerprint density at radius 1 is 1.10 bits per heavy atom. The molecule has 0 spiro atoms. The summed E-state index contributed by atoms with van der Waals surface area (Å²) in [5.74, 6) is 0.967. The zero-order valence-electron chi connectivity index (χ0n) is 13.4. The molecule has 0 saturated carbocycles. The number of ether oxygens (including phenoxy) is 1. The first kappa shape index (κ1) is 17.6. The van der Waals surface area contributed by atoms with Crippen LogP contribution in [0.4, 0.5) is 0 Å². The summed E-state index contributed by atoms with van der Waals surface area (Å²) in [5.41, 5.74) is 1.16. The molecule has 0 unspecified atom stereocenters. The third-order valence-electron chi connectivity index (χ3n) is 3.91. The van der Waals surface area contributed by atoms with Crippen LogP contribution in [-0.2, 0) is 4.74 Å². The Hall–Kier alpha value is -0.470. The minimum absolute atomic E-state index is 0.761. The number of nitrogens with zero attached hydrogens (tertiary/aromatic N) is 1. The highest BCUT2D eigenvalue weighted by Gasteiger charge is 2.11. The lowest BCUT2D eigenvalue weighted by Gasteiger charge is -2.21. The number of rotatable bonds is 7. The standard InChI is InChI=1S/C17H30ClNO/c1-4-15(16(18)5-2)17(6-3)20-14-13-19-11-9-7-8-10-12-19/h6H,4-5,7-14H2,1-3H3. The van der Waals surface area contributed by atoms with Crippen LogP contribution in [-0.4, -0.2) is 31.1 Å². The molecule has 2 nitrogen and oxygen atoms in total. The van der Waals surface area contributed by atoms with Gasteiger partial charge < -0.3 is 4.74 Å². The van der Waals surface area contributed by atoms with Crippen LogP contribution in [0.25, 0.3) is 0 Å². The van der Waals surface area contributed by atoms with Gasteiger partial charge in [0.25, 0.3) is 0 Å². The quantitative estimate of drug-likeness (QED) is 0.479. The lowest BCUT2D eigenvalue weighted by atomic mass is 10.1. The molecule has 0 bridgehead atoms. The number of allylic oxidation sites excluding steroid dienone is 3. The molecule has 0 N–H and O–H groups in total. The van der Waals surface area contributed by atoms with Gasteiger partial charge in [-0.3, -0.25) is 4.90 Å². The van der Waals surface area contributed by atoms with Gasteiger partial charge in [-0.05, 0) is 51.8 Å². The second-order valence-corrected chi connectivity index (χ2v) is 5.80. The summed E-state index contributed by atoms with van der Waals surface area (Å²) < 4.78 is 5.99. The average Bonchev–Trinajstić information content (AvgIpc) is 2.74. The first-order chi connectivity index (χ1) is 9.72. The van der Waals surface area contributed by atoms with Gasteiger partial charge in [-0.15, -0.1) is 0 Å². The second kappa shape index (κ2) is 10.3. The van der Waals surface area contributed by atoms with E-state index in [1.165, 1.54) is 38.8 Å². The maximum atomic E-state index is 6.30. The van der Waals surface area contributed by atoms with Crippen molar-refractivity contribution in [1.82, 2.24) is 4.90 Å². The summed E-state index contributed by atoms with van der Waals surface area (Å²) in [6.45, 7) is 10.5. The maximum absolute atomic E-state index is 6.30. The average molecular weight is 300 g/mol. The fourth-order valence-corrected chi connectivity index (χ4v) is 2.93. The molecule has 116 valence electrons. The molecular weight excluding hydrogens is 270 g/mol. The van der Waals surface area contributed by atoms with Gasteiger partial charge in [-0.2, -0.15) is 0 Å². The summed E-state index contributed by atoms with van der Waals surface area (Å²) in [7, 11) is 0. The molecule has 3 heteroatoms. The summed E-state index contributed by atoms with van der Waals surface area (Å²) in [4.78, 5) is 2.52. The molecule has 0 aromatic heterocycles. The third-order valence-corrected chi connectivity index (χ3v) is 4.41. The molecule has 0 radical (unpaired) electrons. The topological polar surface area (TPSA) is 12.5 Å². The molecular formula is C17H30ClNO. The molecule has 20 heavy (non-hydrogen) atoms. The van der Waals surface area contributed by atoms with Crippen LogP contribution >= 0.6 is 11.6 Å². The van der Waals surface area contributed by atoms with E-state index < -0.39 is 0 Å². The second-order valence-electron chi connectivity index (χ2n) is 5.35. The van der Waals surface area contributed by atoms with Crippen LogP contribution in [0.15, 0.2) is 22.4 Å². The molecule has 0 atom stereocenters. The number of hydrogen-bond acceptors (Lipinski definition) is 2. The fourth-order valence-electron chi connectivity index (χ4n) is 2.70. The summed E-state index contributed by atoms with van der Waals surface area (Å²) in [6.07, 6.45) is 9.27. The van der Waals surface area contributed by atoms with Gasteiger partial charge in [0.15, 0.2) is 0 Å². The molecule has 1 fully saturated rings. The van der Waals surface area contributed by atoms with E-state index in [1.54, 1.807) is 0 Å². The predicted molar refractivity (Wildman–Crippen MR) is 88.1 cm³/mol. The van der Waals surface area contributed by atoms with Gasteiger partial charge in [0.1, 0.15) is 12.4 Å². The molecule has 1 aliphatic rings. The molecule has 0 aromatic rings. The Morgan fingerprint density at radius 2 is 1.75 bits per heavy atom. The molecule has 0 aromatic carbocycles. The number of hydrogen-bond donors (Lipinski definition) is 0. The van der Waals surface area contributed by atoms with Crippen molar-refractivity contribution < 1.29 is 4.74 Å². The summed E-state index contributed by atoms with van der Waals surface area (Å²) in [6, 6.07) is 0. The molecule has 1 heterocycles. The first-order valence-electron chi connectivity index (χ1n) is 8.12. The Morgan fingerprint density at radius 3 is 2.25 bits per heavy atom. The smallest absolute Gasteiger partial charge is 0.119 e.